The predicted octanol–water partition coefficient (Wildman–Crippen LogP) is 3.65. The van der Waals surface area contributed by atoms with Crippen LogP contribution in [0.15, 0.2) is 24.3 Å². The average Bonchev–Trinajstić information content (AvgIpc) is 2.38. The molecule has 1 aromatic carbocycles. The number of rotatable bonds is 4. The summed E-state index contributed by atoms with van der Waals surface area (Å²) in [6.45, 7) is 2.41. The molecule has 1 heterocycles. The van der Waals surface area contributed by atoms with E-state index >= 15 is 0 Å². The second-order valence-corrected chi connectivity index (χ2v) is 6.45. The minimum absolute atomic E-state index is 0.771. The minimum atomic E-state index is 0.771. The molecule has 0 spiro atoms. The van der Waals surface area contributed by atoms with Gasteiger partial charge < -0.3 is 0 Å². The molecule has 1 saturated heterocycles. The first-order chi connectivity index (χ1) is 9.29. The topological polar surface area (TPSA) is 15.3 Å². The fraction of sp³-hybridized carbons (Fsp3) is 0.625. The Kier molecular flexibility index (Phi) is 4.42. The van der Waals surface area contributed by atoms with E-state index in [0.717, 1.165) is 17.0 Å². The number of hydrogen-bond donors (Lipinski definition) is 1. The fourth-order valence-electron chi connectivity index (χ4n) is 3.02. The zero-order chi connectivity index (χ0) is 13.1. The number of nitrogens with zero attached hydrogens (tertiary/aromatic N) is 1. The molecule has 0 radical (unpaired) electrons. The van der Waals surface area contributed by atoms with Crippen LogP contribution in [0.2, 0.25) is 5.02 Å². The van der Waals surface area contributed by atoms with E-state index in [2.05, 4.69) is 22.6 Å². The molecular formula is C16H23ClN2. The van der Waals surface area contributed by atoms with E-state index in [-0.39, 0.29) is 0 Å². The van der Waals surface area contributed by atoms with Crippen LogP contribution in [0.4, 0.5) is 0 Å². The van der Waals surface area contributed by atoms with Crippen molar-refractivity contribution < 1.29 is 0 Å². The van der Waals surface area contributed by atoms with E-state index in [9.17, 15) is 0 Å². The Morgan fingerprint density at radius 1 is 1.05 bits per heavy atom. The van der Waals surface area contributed by atoms with E-state index in [4.69, 9.17) is 11.6 Å². The zero-order valence-corrected chi connectivity index (χ0v) is 12.2. The third-order valence-electron chi connectivity index (χ3n) is 4.52. The van der Waals surface area contributed by atoms with Crippen LogP contribution in [0.3, 0.4) is 0 Å². The van der Waals surface area contributed by atoms with Gasteiger partial charge in [-0.15, -0.1) is 0 Å². The van der Waals surface area contributed by atoms with Crippen molar-refractivity contribution in [3.8, 4) is 0 Å². The number of hydrazine groups is 1. The van der Waals surface area contributed by atoms with Gasteiger partial charge in [-0.25, -0.2) is 5.01 Å². The maximum Gasteiger partial charge on any atom is 0.0406 e. The van der Waals surface area contributed by atoms with Gasteiger partial charge in [-0.05, 0) is 55.7 Å². The molecule has 1 aliphatic carbocycles. The van der Waals surface area contributed by atoms with Crippen molar-refractivity contribution in [1.82, 2.24) is 10.4 Å². The second kappa shape index (κ2) is 6.25. The van der Waals surface area contributed by atoms with E-state index in [1.807, 2.05) is 12.1 Å². The molecule has 0 aromatic heterocycles. The van der Waals surface area contributed by atoms with Crippen LogP contribution in [0.1, 0.15) is 37.7 Å². The molecule has 2 nitrogen and oxygen atoms in total. The van der Waals surface area contributed by atoms with Gasteiger partial charge in [-0.1, -0.05) is 30.2 Å². The lowest BCUT2D eigenvalue weighted by Crippen LogP contribution is -2.50. The van der Waals surface area contributed by atoms with Crippen LogP contribution in [-0.2, 0) is 6.42 Å². The molecular weight excluding hydrogens is 256 g/mol. The molecule has 1 N–H and O–H groups in total. The van der Waals surface area contributed by atoms with Crippen molar-refractivity contribution in [2.75, 3.05) is 13.1 Å². The Balaban J connectivity index is 1.43. The van der Waals surface area contributed by atoms with Gasteiger partial charge >= 0.3 is 0 Å². The van der Waals surface area contributed by atoms with E-state index in [1.54, 1.807) is 0 Å². The normalized spacial score (nSPS) is 22.4. The van der Waals surface area contributed by atoms with Crippen molar-refractivity contribution in [2.45, 2.75) is 44.6 Å². The van der Waals surface area contributed by atoms with E-state index in [1.165, 1.54) is 57.2 Å². The molecule has 2 aliphatic rings. The number of hydrogen-bond acceptors (Lipinski definition) is 2. The van der Waals surface area contributed by atoms with Gasteiger partial charge in [0.25, 0.3) is 0 Å². The van der Waals surface area contributed by atoms with Crippen LogP contribution < -0.4 is 5.43 Å². The van der Waals surface area contributed by atoms with Gasteiger partial charge in [0, 0.05) is 24.2 Å². The van der Waals surface area contributed by atoms with Crippen molar-refractivity contribution in [1.29, 1.82) is 0 Å². The monoisotopic (exact) mass is 278 g/mol. The molecule has 19 heavy (non-hydrogen) atoms. The van der Waals surface area contributed by atoms with Crippen LogP contribution in [0.5, 0.6) is 0 Å². The smallest absolute Gasteiger partial charge is 0.0406 e. The Labute approximate surface area is 121 Å². The highest BCUT2D eigenvalue weighted by molar-refractivity contribution is 6.30. The summed E-state index contributed by atoms with van der Waals surface area (Å²) in [6.07, 6.45) is 7.96. The number of benzene rings is 1. The van der Waals surface area contributed by atoms with Gasteiger partial charge in [0.2, 0.25) is 0 Å². The third kappa shape index (κ3) is 3.71. The molecule has 0 unspecified atom stereocenters. The first-order valence-corrected chi connectivity index (χ1v) is 7.93. The summed E-state index contributed by atoms with van der Waals surface area (Å²) in [5.41, 5.74) is 5.09. The van der Waals surface area contributed by atoms with Gasteiger partial charge in [0.15, 0.2) is 0 Å². The zero-order valence-electron chi connectivity index (χ0n) is 11.4. The maximum absolute atomic E-state index is 5.93. The Hall–Kier alpha value is -0.570. The summed E-state index contributed by atoms with van der Waals surface area (Å²) < 4.78 is 0. The summed E-state index contributed by atoms with van der Waals surface area (Å²) >= 11 is 5.93. The SMILES string of the molecule is Clc1ccc(CC2CCN(NC3CCC3)CC2)cc1. The van der Waals surface area contributed by atoms with Gasteiger partial charge in [0.1, 0.15) is 0 Å². The average molecular weight is 279 g/mol. The summed E-state index contributed by atoms with van der Waals surface area (Å²) in [6, 6.07) is 9.12. The predicted molar refractivity (Wildman–Crippen MR) is 80.2 cm³/mol. The van der Waals surface area contributed by atoms with Gasteiger partial charge in [-0.2, -0.15) is 0 Å². The van der Waals surface area contributed by atoms with Crippen molar-refractivity contribution in [3.05, 3.63) is 34.9 Å². The van der Waals surface area contributed by atoms with E-state index in [0.29, 0.717) is 0 Å². The Bertz CT molecular complexity index is 392. The first kappa shape index (κ1) is 13.4. The van der Waals surface area contributed by atoms with E-state index < -0.39 is 0 Å². The Morgan fingerprint density at radius 2 is 1.74 bits per heavy atom. The molecule has 0 bridgehead atoms. The lowest BCUT2D eigenvalue weighted by atomic mass is 9.90. The number of piperidine rings is 1. The van der Waals surface area contributed by atoms with Crippen LogP contribution in [-0.4, -0.2) is 24.1 Å². The molecule has 2 fully saturated rings. The highest BCUT2D eigenvalue weighted by Gasteiger charge is 2.24. The highest BCUT2D eigenvalue weighted by Crippen LogP contribution is 2.24. The number of nitrogens with one attached hydrogen (secondary N) is 1. The molecule has 1 aliphatic heterocycles. The summed E-state index contributed by atoms with van der Waals surface area (Å²) in [7, 11) is 0. The summed E-state index contributed by atoms with van der Waals surface area (Å²) in [5, 5.41) is 3.28. The maximum atomic E-state index is 5.93. The molecule has 1 saturated carbocycles. The minimum Gasteiger partial charge on any atom is -0.252 e. The highest BCUT2D eigenvalue weighted by atomic mass is 35.5. The molecule has 3 rings (SSSR count). The second-order valence-electron chi connectivity index (χ2n) is 6.02. The largest absolute Gasteiger partial charge is 0.252 e. The van der Waals surface area contributed by atoms with Gasteiger partial charge in [0.05, 0.1) is 0 Å². The first-order valence-electron chi connectivity index (χ1n) is 7.55. The molecule has 104 valence electrons. The lowest BCUT2D eigenvalue weighted by molar-refractivity contribution is 0.0811. The third-order valence-corrected chi connectivity index (χ3v) is 4.77. The van der Waals surface area contributed by atoms with Gasteiger partial charge in [-0.3, -0.25) is 5.43 Å². The Morgan fingerprint density at radius 3 is 2.32 bits per heavy atom. The standard InChI is InChI=1S/C16H23ClN2/c17-15-6-4-13(5-7-15)12-14-8-10-19(11-9-14)18-16-2-1-3-16/h4-7,14,16,18H,1-3,8-12H2. The number of halogens is 1. The summed E-state index contributed by atoms with van der Waals surface area (Å²) in [4.78, 5) is 0. The molecule has 3 heteroatoms. The van der Waals surface area contributed by atoms with Crippen molar-refractivity contribution in [2.24, 2.45) is 5.92 Å². The van der Waals surface area contributed by atoms with Crippen LogP contribution in [0, 0.1) is 5.92 Å². The summed E-state index contributed by atoms with van der Waals surface area (Å²) in [5.74, 6) is 0.834. The van der Waals surface area contributed by atoms with Crippen molar-refractivity contribution >= 4 is 11.6 Å². The lowest BCUT2D eigenvalue weighted by Gasteiger charge is -2.38. The quantitative estimate of drug-likeness (QED) is 0.904. The molecule has 0 atom stereocenters. The fourth-order valence-corrected chi connectivity index (χ4v) is 3.14. The molecule has 1 aromatic rings. The van der Waals surface area contributed by atoms with Crippen LogP contribution >= 0.6 is 11.6 Å². The van der Waals surface area contributed by atoms with Crippen molar-refractivity contribution in [3.63, 3.8) is 0 Å². The molecule has 0 amide bonds. The van der Waals surface area contributed by atoms with Crippen LogP contribution in [0.25, 0.3) is 0 Å².